The molecule has 0 aromatic heterocycles. The normalized spacial score (nSPS) is 26.0. The Morgan fingerprint density at radius 2 is 2.08 bits per heavy atom. The Morgan fingerprint density at radius 1 is 1.35 bits per heavy atom. The van der Waals surface area contributed by atoms with E-state index in [2.05, 4.69) is 10.2 Å². The first kappa shape index (κ1) is 17.3. The number of hydrogen-bond acceptors (Lipinski definition) is 6. The van der Waals surface area contributed by atoms with Crippen molar-refractivity contribution in [3.8, 4) is 0 Å². The highest BCUT2D eigenvalue weighted by atomic mass is 32.2. The Kier molecular flexibility index (Phi) is 4.17. The summed E-state index contributed by atoms with van der Waals surface area (Å²) in [5.41, 5.74) is 5.56. The highest BCUT2D eigenvalue weighted by Gasteiger charge is 2.43. The molecule has 0 aliphatic carbocycles. The van der Waals surface area contributed by atoms with Crippen LogP contribution in [0, 0.1) is 5.92 Å². The first-order chi connectivity index (χ1) is 12.4. The van der Waals surface area contributed by atoms with Gasteiger partial charge in [-0.3, -0.25) is 9.35 Å². The van der Waals surface area contributed by atoms with E-state index >= 15 is 0 Å². The summed E-state index contributed by atoms with van der Waals surface area (Å²) in [4.78, 5) is 15.5. The molecule has 2 saturated heterocycles. The second kappa shape index (κ2) is 6.26. The van der Waals surface area contributed by atoms with Crippen molar-refractivity contribution in [1.82, 2.24) is 15.1 Å². The second-order valence-corrected chi connectivity index (χ2v) is 8.41. The molecule has 0 aromatic rings. The second-order valence-electron chi connectivity index (χ2n) is 7.05. The smallest absolute Gasteiger partial charge is 0.297 e. The molecular weight excluding hydrogens is 356 g/mol. The lowest BCUT2D eigenvalue weighted by molar-refractivity contribution is -0.114. The first-order valence-corrected chi connectivity index (χ1v) is 10.2. The molecule has 0 aromatic carbocycles. The fourth-order valence-electron chi connectivity index (χ4n) is 4.24. The minimum absolute atomic E-state index is 0.140. The Hall–Kier alpha value is -2.10. The number of primary amides is 1. The fraction of sp³-hybridized carbons (Fsp3) is 0.471. The molecule has 1 unspecified atom stereocenters. The van der Waals surface area contributed by atoms with E-state index in [9.17, 15) is 17.8 Å². The van der Waals surface area contributed by atoms with Gasteiger partial charge in [-0.1, -0.05) is 6.08 Å². The van der Waals surface area contributed by atoms with Gasteiger partial charge in [0, 0.05) is 13.1 Å². The number of piperidine rings is 1. The predicted octanol–water partition coefficient (Wildman–Crippen LogP) is -0.0919. The molecule has 0 spiro atoms. The van der Waals surface area contributed by atoms with Gasteiger partial charge < -0.3 is 20.9 Å². The minimum atomic E-state index is -4.59. The highest BCUT2D eigenvalue weighted by Crippen LogP contribution is 2.41. The van der Waals surface area contributed by atoms with Gasteiger partial charge in [0.1, 0.15) is 10.7 Å². The van der Waals surface area contributed by atoms with Gasteiger partial charge in [0.2, 0.25) is 5.91 Å². The summed E-state index contributed by atoms with van der Waals surface area (Å²) in [6.45, 7) is 3.54. The van der Waals surface area contributed by atoms with Crippen molar-refractivity contribution in [1.29, 1.82) is 0 Å². The maximum absolute atomic E-state index is 11.9. The van der Waals surface area contributed by atoms with Crippen molar-refractivity contribution >= 4 is 16.0 Å². The summed E-state index contributed by atoms with van der Waals surface area (Å²) in [5.74, 6) is 0.607. The topological polar surface area (TPSA) is 116 Å². The number of carbonyl (C=O) groups is 1. The van der Waals surface area contributed by atoms with Crippen LogP contribution in [0.25, 0.3) is 0 Å². The fourth-order valence-corrected chi connectivity index (χ4v) is 5.12. The number of hydrogen-bond donors (Lipinski definition) is 3. The van der Waals surface area contributed by atoms with Crippen molar-refractivity contribution in [2.75, 3.05) is 26.2 Å². The molecule has 8 nitrogen and oxygen atoms in total. The molecule has 4 aliphatic heterocycles. The Labute approximate surface area is 152 Å². The van der Waals surface area contributed by atoms with Crippen LogP contribution in [0.3, 0.4) is 0 Å². The molecule has 0 radical (unpaired) electrons. The lowest BCUT2D eigenvalue weighted by Crippen LogP contribution is -2.37. The minimum Gasteiger partial charge on any atom is -0.366 e. The van der Waals surface area contributed by atoms with Crippen molar-refractivity contribution < 1.29 is 17.8 Å². The lowest BCUT2D eigenvalue weighted by Gasteiger charge is -2.34. The Balaban J connectivity index is 1.72. The van der Waals surface area contributed by atoms with Crippen LogP contribution in [-0.4, -0.2) is 60.9 Å². The molecule has 4 heterocycles. The van der Waals surface area contributed by atoms with Crippen LogP contribution in [0.15, 0.2) is 46.3 Å². The number of nitrogens with one attached hydrogen (secondary N) is 1. The molecule has 2 fully saturated rings. The standard InChI is InChI=1S/C17H22N4O4S/c18-17(22)13-8-12-10-20(9-11-4-6-19-7-5-11)15-3-1-2-14(21(12)15)16(13)26(23,24)25/h1-3,8,11-12,19H,4-7,9-10H2,(H2,18,22)(H,23,24,25). The van der Waals surface area contributed by atoms with E-state index in [-0.39, 0.29) is 11.6 Å². The maximum Gasteiger partial charge on any atom is 0.297 e. The van der Waals surface area contributed by atoms with E-state index in [1.165, 1.54) is 0 Å². The van der Waals surface area contributed by atoms with E-state index in [0.717, 1.165) is 38.3 Å². The third-order valence-electron chi connectivity index (χ3n) is 5.37. The molecule has 0 saturated carbocycles. The average Bonchev–Trinajstić information content (AvgIpc) is 2.93. The van der Waals surface area contributed by atoms with Crippen LogP contribution in [-0.2, 0) is 14.9 Å². The van der Waals surface area contributed by atoms with E-state index < -0.39 is 20.9 Å². The SMILES string of the molecule is NC(=O)C1=CC2CN(CC3CCNCC3)C3=CC=CC(=C1S(=O)(=O)O)N32. The molecule has 26 heavy (non-hydrogen) atoms. The molecule has 140 valence electrons. The zero-order valence-corrected chi connectivity index (χ0v) is 15.1. The van der Waals surface area contributed by atoms with E-state index in [0.29, 0.717) is 18.2 Å². The summed E-state index contributed by atoms with van der Waals surface area (Å²) < 4.78 is 33.6. The summed E-state index contributed by atoms with van der Waals surface area (Å²) >= 11 is 0. The maximum atomic E-state index is 11.9. The molecule has 4 aliphatic rings. The Bertz CT molecular complexity index is 865. The van der Waals surface area contributed by atoms with Crippen molar-refractivity contribution in [3.63, 3.8) is 0 Å². The lowest BCUT2D eigenvalue weighted by atomic mass is 9.97. The van der Waals surface area contributed by atoms with Crippen LogP contribution in [0.5, 0.6) is 0 Å². The van der Waals surface area contributed by atoms with Crippen LogP contribution < -0.4 is 11.1 Å². The predicted molar refractivity (Wildman–Crippen MR) is 95.9 cm³/mol. The van der Waals surface area contributed by atoms with Gasteiger partial charge >= 0.3 is 0 Å². The molecule has 4 rings (SSSR count). The molecule has 1 amide bonds. The number of rotatable bonds is 4. The largest absolute Gasteiger partial charge is 0.366 e. The number of allylic oxidation sites excluding steroid dienone is 3. The van der Waals surface area contributed by atoms with Crippen molar-refractivity contribution in [2.24, 2.45) is 11.7 Å². The Morgan fingerprint density at radius 3 is 2.73 bits per heavy atom. The first-order valence-electron chi connectivity index (χ1n) is 8.73. The number of nitrogens with two attached hydrogens (primary N) is 1. The van der Waals surface area contributed by atoms with Gasteiger partial charge in [-0.2, -0.15) is 8.42 Å². The number of amides is 1. The highest BCUT2D eigenvalue weighted by molar-refractivity contribution is 7.90. The van der Waals surface area contributed by atoms with Gasteiger partial charge in [0.25, 0.3) is 10.1 Å². The average molecular weight is 378 g/mol. The van der Waals surface area contributed by atoms with Gasteiger partial charge in [-0.05, 0) is 50.1 Å². The summed E-state index contributed by atoms with van der Waals surface area (Å²) in [7, 11) is -4.59. The van der Waals surface area contributed by atoms with Gasteiger partial charge in [0.15, 0.2) is 0 Å². The third kappa shape index (κ3) is 2.85. The van der Waals surface area contributed by atoms with E-state index in [1.54, 1.807) is 18.2 Å². The molecule has 0 bridgehead atoms. The van der Waals surface area contributed by atoms with E-state index in [1.807, 2.05) is 11.0 Å². The van der Waals surface area contributed by atoms with E-state index in [4.69, 9.17) is 5.73 Å². The summed E-state index contributed by atoms with van der Waals surface area (Å²) in [6, 6.07) is -0.184. The van der Waals surface area contributed by atoms with Crippen LogP contribution in [0.4, 0.5) is 0 Å². The van der Waals surface area contributed by atoms with Crippen LogP contribution >= 0.6 is 0 Å². The molecular formula is C17H22N4O4S. The van der Waals surface area contributed by atoms with Crippen LogP contribution in [0.2, 0.25) is 0 Å². The van der Waals surface area contributed by atoms with Crippen molar-refractivity contribution in [2.45, 2.75) is 18.9 Å². The number of carbonyl (C=O) groups excluding carboxylic acids is 1. The summed E-state index contributed by atoms with van der Waals surface area (Å²) in [5, 5.41) is 3.36. The monoisotopic (exact) mass is 378 g/mol. The number of nitrogens with zero attached hydrogens (tertiary/aromatic N) is 2. The van der Waals surface area contributed by atoms with Crippen LogP contribution in [0.1, 0.15) is 12.8 Å². The van der Waals surface area contributed by atoms with Crippen molar-refractivity contribution in [3.05, 3.63) is 46.3 Å². The van der Waals surface area contributed by atoms with Gasteiger partial charge in [-0.25, -0.2) is 0 Å². The summed E-state index contributed by atoms with van der Waals surface area (Å²) in [6.07, 6.45) is 9.05. The molecule has 9 heteroatoms. The molecule has 4 N–H and O–H groups in total. The zero-order valence-electron chi connectivity index (χ0n) is 14.3. The van der Waals surface area contributed by atoms with Gasteiger partial charge in [-0.15, -0.1) is 0 Å². The third-order valence-corrected chi connectivity index (χ3v) is 6.31. The molecule has 1 atom stereocenters. The zero-order chi connectivity index (χ0) is 18.5. The van der Waals surface area contributed by atoms with Gasteiger partial charge in [0.05, 0.1) is 17.3 Å². The quantitative estimate of drug-likeness (QED) is 0.585.